The number of carbonyl (C=O) groups excluding carboxylic acids is 2. The van der Waals surface area contributed by atoms with Crippen LogP contribution >= 0.6 is 23.2 Å². The molecule has 1 saturated heterocycles. The van der Waals surface area contributed by atoms with Crippen LogP contribution < -0.4 is 10.2 Å². The molecule has 2 amide bonds. The molecule has 6 rings (SSSR count). The summed E-state index contributed by atoms with van der Waals surface area (Å²) in [4.78, 5) is 36.0. The molecule has 1 aliphatic rings. The van der Waals surface area contributed by atoms with Crippen LogP contribution in [0.4, 0.5) is 15.9 Å². The predicted octanol–water partition coefficient (Wildman–Crippen LogP) is 6.58. The van der Waals surface area contributed by atoms with E-state index >= 15 is 0 Å². The molecule has 200 valence electrons. The monoisotopic (exact) mass is 573 g/mol. The first kappa shape index (κ1) is 26.0. The minimum Gasteiger partial charge on any atom is -0.326 e. The zero-order valence-electron chi connectivity index (χ0n) is 21.0. The Labute approximate surface area is 239 Å². The van der Waals surface area contributed by atoms with Crippen molar-refractivity contribution < 1.29 is 14.0 Å². The first-order valence-corrected chi connectivity index (χ1v) is 13.3. The number of amides is 2. The Balaban J connectivity index is 1.22. The highest BCUT2D eigenvalue weighted by atomic mass is 35.5. The minimum atomic E-state index is -0.541. The molecule has 1 fully saturated rings. The largest absolute Gasteiger partial charge is 0.326 e. The topological polar surface area (TPSA) is 80.1 Å². The van der Waals surface area contributed by atoms with Crippen LogP contribution in [0, 0.1) is 11.7 Å². The van der Waals surface area contributed by atoms with Gasteiger partial charge in [-0.25, -0.2) is 14.4 Å². The minimum absolute atomic E-state index is 0.0881. The first-order chi connectivity index (χ1) is 19.3. The molecular formula is C30H22Cl2FN5O2. The Morgan fingerprint density at radius 2 is 1.88 bits per heavy atom. The Hall–Kier alpha value is -4.27. The number of pyridine rings is 1. The van der Waals surface area contributed by atoms with Crippen molar-refractivity contribution in [3.8, 4) is 11.1 Å². The average Bonchev–Trinajstić information content (AvgIpc) is 3.53. The highest BCUT2D eigenvalue weighted by Crippen LogP contribution is 2.32. The molecule has 3 heterocycles. The summed E-state index contributed by atoms with van der Waals surface area (Å²) >= 11 is 12.6. The number of hydrogen-bond donors (Lipinski definition) is 1. The van der Waals surface area contributed by atoms with Gasteiger partial charge in [0.1, 0.15) is 11.6 Å². The van der Waals surface area contributed by atoms with E-state index in [0.717, 1.165) is 22.2 Å². The van der Waals surface area contributed by atoms with Crippen LogP contribution in [0.1, 0.15) is 12.0 Å². The number of carbonyl (C=O) groups is 2. The van der Waals surface area contributed by atoms with E-state index in [9.17, 15) is 14.0 Å². The summed E-state index contributed by atoms with van der Waals surface area (Å²) < 4.78 is 15.6. The van der Waals surface area contributed by atoms with Crippen molar-refractivity contribution >= 4 is 57.6 Å². The zero-order chi connectivity index (χ0) is 27.8. The van der Waals surface area contributed by atoms with Gasteiger partial charge < -0.3 is 14.8 Å². The standard InChI is InChI=1S/C30H22Cl2FN5O2/c31-21-4-2-6-23(12-21)38-16-20(11-29(38)39)30(40)36-28-13-24(25(32)14-34-28)19-7-8-26-27(10-19)37(17-35-26)15-18-3-1-5-22(33)9-18/h1-10,12-14,17,20H,11,15-16H2,(H,34,36,40). The Bertz CT molecular complexity index is 1770. The van der Waals surface area contributed by atoms with Gasteiger partial charge in [0.05, 0.1) is 28.3 Å². The number of rotatable bonds is 6. The lowest BCUT2D eigenvalue weighted by Crippen LogP contribution is -2.28. The van der Waals surface area contributed by atoms with Crippen LogP contribution in [0.3, 0.4) is 0 Å². The van der Waals surface area contributed by atoms with Crippen molar-refractivity contribution in [1.29, 1.82) is 0 Å². The maximum atomic E-state index is 13.7. The molecule has 0 radical (unpaired) electrons. The van der Waals surface area contributed by atoms with E-state index in [4.69, 9.17) is 23.2 Å². The van der Waals surface area contributed by atoms with Gasteiger partial charge in [-0.05, 0) is 59.7 Å². The van der Waals surface area contributed by atoms with E-state index in [2.05, 4.69) is 15.3 Å². The van der Waals surface area contributed by atoms with Crippen LogP contribution in [0.15, 0.2) is 85.3 Å². The van der Waals surface area contributed by atoms with Gasteiger partial charge in [0.2, 0.25) is 11.8 Å². The molecule has 2 aromatic heterocycles. The second kappa shape index (κ2) is 10.7. The summed E-state index contributed by atoms with van der Waals surface area (Å²) in [6.45, 7) is 0.701. The molecule has 7 nitrogen and oxygen atoms in total. The number of halogens is 3. The maximum Gasteiger partial charge on any atom is 0.230 e. The fraction of sp³-hybridized carbons (Fsp3) is 0.133. The molecule has 0 aliphatic carbocycles. The van der Waals surface area contributed by atoms with Gasteiger partial charge in [0, 0.05) is 42.0 Å². The van der Waals surface area contributed by atoms with Gasteiger partial charge in [-0.15, -0.1) is 0 Å². The predicted molar refractivity (Wildman–Crippen MR) is 154 cm³/mol. The van der Waals surface area contributed by atoms with Crippen LogP contribution in [0.2, 0.25) is 10.0 Å². The Morgan fingerprint density at radius 1 is 1.02 bits per heavy atom. The maximum absolute atomic E-state index is 13.7. The second-order valence-corrected chi connectivity index (χ2v) is 10.5. The third kappa shape index (κ3) is 5.28. The van der Waals surface area contributed by atoms with E-state index in [0.29, 0.717) is 33.7 Å². The number of nitrogens with zero attached hydrogens (tertiary/aromatic N) is 4. The van der Waals surface area contributed by atoms with Crippen molar-refractivity contribution in [2.75, 3.05) is 16.8 Å². The smallest absolute Gasteiger partial charge is 0.230 e. The molecule has 1 atom stereocenters. The zero-order valence-corrected chi connectivity index (χ0v) is 22.5. The van der Waals surface area contributed by atoms with E-state index in [-0.39, 0.29) is 30.6 Å². The van der Waals surface area contributed by atoms with Crippen molar-refractivity contribution in [2.45, 2.75) is 13.0 Å². The van der Waals surface area contributed by atoms with Crippen molar-refractivity contribution in [2.24, 2.45) is 5.92 Å². The van der Waals surface area contributed by atoms with Crippen molar-refractivity contribution in [3.63, 3.8) is 0 Å². The second-order valence-electron chi connectivity index (χ2n) is 9.63. The number of anilines is 2. The van der Waals surface area contributed by atoms with Crippen LogP contribution in [-0.4, -0.2) is 32.9 Å². The molecule has 1 aliphatic heterocycles. The van der Waals surface area contributed by atoms with E-state index in [1.807, 2.05) is 28.8 Å². The quantitative estimate of drug-likeness (QED) is 0.248. The third-order valence-corrected chi connectivity index (χ3v) is 7.43. The van der Waals surface area contributed by atoms with Crippen molar-refractivity contribution in [1.82, 2.24) is 14.5 Å². The molecule has 1 N–H and O–H groups in total. The normalized spacial score (nSPS) is 15.1. The van der Waals surface area contributed by atoms with Crippen LogP contribution in [0.25, 0.3) is 22.2 Å². The number of fused-ring (bicyclic) bond motifs is 1. The highest BCUT2D eigenvalue weighted by Gasteiger charge is 2.35. The molecule has 10 heteroatoms. The molecule has 0 saturated carbocycles. The number of hydrogen-bond acceptors (Lipinski definition) is 4. The van der Waals surface area contributed by atoms with E-state index in [1.165, 1.54) is 18.3 Å². The SMILES string of the molecule is O=C(Nc1cc(-c2ccc3ncn(Cc4cccc(F)c4)c3c2)c(Cl)cn1)C1CC(=O)N(c2cccc(Cl)c2)C1. The lowest BCUT2D eigenvalue weighted by molar-refractivity contribution is -0.122. The summed E-state index contributed by atoms with van der Waals surface area (Å²) in [5.74, 6) is -0.954. The first-order valence-electron chi connectivity index (χ1n) is 12.6. The van der Waals surface area contributed by atoms with Gasteiger partial charge >= 0.3 is 0 Å². The van der Waals surface area contributed by atoms with Crippen LogP contribution in [0.5, 0.6) is 0 Å². The van der Waals surface area contributed by atoms with Gasteiger partial charge in [0.15, 0.2) is 0 Å². The number of nitrogens with one attached hydrogen (secondary N) is 1. The van der Waals surface area contributed by atoms with E-state index < -0.39 is 5.92 Å². The van der Waals surface area contributed by atoms with Gasteiger partial charge in [-0.2, -0.15) is 0 Å². The van der Waals surface area contributed by atoms with Crippen LogP contribution in [-0.2, 0) is 16.1 Å². The fourth-order valence-corrected chi connectivity index (χ4v) is 5.31. The molecule has 40 heavy (non-hydrogen) atoms. The molecule has 1 unspecified atom stereocenters. The fourth-order valence-electron chi connectivity index (χ4n) is 4.92. The highest BCUT2D eigenvalue weighted by molar-refractivity contribution is 6.33. The van der Waals surface area contributed by atoms with Crippen molar-refractivity contribution in [3.05, 3.63) is 107 Å². The number of imidazole rings is 1. The summed E-state index contributed by atoms with van der Waals surface area (Å²) in [5.41, 5.74) is 4.59. The summed E-state index contributed by atoms with van der Waals surface area (Å²) in [6.07, 6.45) is 3.29. The van der Waals surface area contributed by atoms with Gasteiger partial charge in [-0.3, -0.25) is 9.59 Å². The molecule has 5 aromatic rings. The van der Waals surface area contributed by atoms with E-state index in [1.54, 1.807) is 47.6 Å². The lowest BCUT2D eigenvalue weighted by Gasteiger charge is -2.17. The molecule has 3 aromatic carbocycles. The number of aromatic nitrogens is 3. The number of benzene rings is 3. The molecule has 0 bridgehead atoms. The summed E-state index contributed by atoms with van der Waals surface area (Å²) in [6, 6.07) is 20.9. The molecule has 0 spiro atoms. The Kier molecular flexibility index (Phi) is 6.96. The van der Waals surface area contributed by atoms with Gasteiger partial charge in [-0.1, -0.05) is 47.5 Å². The molecular weight excluding hydrogens is 552 g/mol. The van der Waals surface area contributed by atoms with Gasteiger partial charge in [0.25, 0.3) is 0 Å². The average molecular weight is 574 g/mol. The summed E-state index contributed by atoms with van der Waals surface area (Å²) in [7, 11) is 0. The Morgan fingerprint density at radius 3 is 2.70 bits per heavy atom. The summed E-state index contributed by atoms with van der Waals surface area (Å²) in [5, 5.41) is 3.77. The lowest BCUT2D eigenvalue weighted by atomic mass is 10.1. The third-order valence-electron chi connectivity index (χ3n) is 6.90.